The number of nitrogens with two attached hydrogens (primary N) is 1. The van der Waals surface area contributed by atoms with Crippen molar-refractivity contribution in [3.63, 3.8) is 0 Å². The van der Waals surface area contributed by atoms with Crippen LogP contribution in [0.3, 0.4) is 0 Å². The van der Waals surface area contributed by atoms with Gasteiger partial charge in [0.25, 0.3) is 0 Å². The van der Waals surface area contributed by atoms with Gasteiger partial charge in [-0.2, -0.15) is 0 Å². The lowest BCUT2D eigenvalue weighted by molar-refractivity contribution is 0.517. The number of rotatable bonds is 5. The van der Waals surface area contributed by atoms with Gasteiger partial charge in [0.15, 0.2) is 0 Å². The first-order valence-corrected chi connectivity index (χ1v) is 8.47. The van der Waals surface area contributed by atoms with Crippen molar-refractivity contribution in [2.75, 3.05) is 6.54 Å². The van der Waals surface area contributed by atoms with Crippen LogP contribution in [0.15, 0.2) is 58.7 Å². The molecule has 1 heteroatoms. The molecule has 1 aliphatic carbocycles. The molecule has 2 N–H and O–H groups in total. The van der Waals surface area contributed by atoms with Gasteiger partial charge in [-0.05, 0) is 56.1 Å². The summed E-state index contributed by atoms with van der Waals surface area (Å²) in [5.41, 5.74) is 11.3. The molecule has 0 radical (unpaired) electrons. The molecule has 122 valence electrons. The molecular formula is C21H33N. The lowest BCUT2D eigenvalue weighted by Crippen LogP contribution is -2.07. The lowest BCUT2D eigenvalue weighted by Gasteiger charge is -2.21. The number of hydrogen-bond acceptors (Lipinski definition) is 1. The molecule has 1 nitrogen and oxygen atoms in total. The number of allylic oxidation sites excluding steroid dienone is 9. The summed E-state index contributed by atoms with van der Waals surface area (Å²) in [5, 5.41) is 0. The van der Waals surface area contributed by atoms with Crippen LogP contribution < -0.4 is 5.73 Å². The highest BCUT2D eigenvalue weighted by Crippen LogP contribution is 2.29. The average Bonchev–Trinajstić information content (AvgIpc) is 2.43. The Labute approximate surface area is 137 Å². The van der Waals surface area contributed by atoms with E-state index >= 15 is 0 Å². The van der Waals surface area contributed by atoms with Crippen molar-refractivity contribution in [3.05, 3.63) is 58.7 Å². The largest absolute Gasteiger partial charge is 0.327 e. The monoisotopic (exact) mass is 299 g/mol. The van der Waals surface area contributed by atoms with E-state index in [-0.39, 0.29) is 5.41 Å². The zero-order valence-electron chi connectivity index (χ0n) is 15.1. The summed E-state index contributed by atoms with van der Waals surface area (Å²) in [5.74, 6) is 0. The standard InChI is InChI=1S/C21H33N/c1-17(15-16-22)9-8-12-20(21(3,4)5)14-13-19-11-7-6-10-18(19)2/h8-9,12-15H,6-7,10-11,16,22H2,1-5H3/b9-8+,14-13+,17-15+,20-12-. The fraction of sp³-hybridized carbons (Fsp3) is 0.524. The van der Waals surface area contributed by atoms with Crippen molar-refractivity contribution >= 4 is 0 Å². The minimum absolute atomic E-state index is 0.148. The molecule has 0 spiro atoms. The Balaban J connectivity index is 2.93. The Bertz CT molecular complexity index is 505. The third kappa shape index (κ3) is 6.62. The van der Waals surface area contributed by atoms with Crippen molar-refractivity contribution < 1.29 is 0 Å². The Morgan fingerprint density at radius 3 is 2.41 bits per heavy atom. The minimum Gasteiger partial charge on any atom is -0.327 e. The molecule has 1 rings (SSSR count). The van der Waals surface area contributed by atoms with E-state index in [2.05, 4.69) is 65.0 Å². The van der Waals surface area contributed by atoms with E-state index in [9.17, 15) is 0 Å². The van der Waals surface area contributed by atoms with Gasteiger partial charge >= 0.3 is 0 Å². The van der Waals surface area contributed by atoms with Gasteiger partial charge in [-0.3, -0.25) is 0 Å². The first-order chi connectivity index (χ1) is 10.3. The van der Waals surface area contributed by atoms with Gasteiger partial charge in [0.05, 0.1) is 0 Å². The maximum atomic E-state index is 5.53. The predicted molar refractivity (Wildman–Crippen MR) is 99.8 cm³/mol. The van der Waals surface area contributed by atoms with Crippen molar-refractivity contribution in [1.82, 2.24) is 0 Å². The summed E-state index contributed by atoms with van der Waals surface area (Å²) >= 11 is 0. The van der Waals surface area contributed by atoms with E-state index in [0.717, 1.165) is 0 Å². The zero-order valence-corrected chi connectivity index (χ0v) is 15.1. The van der Waals surface area contributed by atoms with Gasteiger partial charge in [-0.15, -0.1) is 0 Å². The molecule has 0 aliphatic heterocycles. The Hall–Kier alpha value is -1.34. The molecule has 0 unspecified atom stereocenters. The zero-order chi connectivity index (χ0) is 16.6. The maximum Gasteiger partial charge on any atom is 0.0112 e. The van der Waals surface area contributed by atoms with Gasteiger partial charge in [0.2, 0.25) is 0 Å². The molecule has 0 aromatic carbocycles. The molecule has 1 aliphatic rings. The van der Waals surface area contributed by atoms with Gasteiger partial charge < -0.3 is 5.73 Å². The van der Waals surface area contributed by atoms with Crippen LogP contribution in [0.1, 0.15) is 60.3 Å². The highest BCUT2D eigenvalue weighted by molar-refractivity contribution is 5.36. The third-order valence-electron chi connectivity index (χ3n) is 4.20. The van der Waals surface area contributed by atoms with Crippen LogP contribution in [-0.2, 0) is 0 Å². The van der Waals surface area contributed by atoms with Crippen LogP contribution in [0.5, 0.6) is 0 Å². The van der Waals surface area contributed by atoms with Crippen molar-refractivity contribution in [2.24, 2.45) is 11.1 Å². The second-order valence-corrected chi connectivity index (χ2v) is 7.26. The van der Waals surface area contributed by atoms with E-state index in [1.165, 1.54) is 42.4 Å². The van der Waals surface area contributed by atoms with Gasteiger partial charge in [-0.25, -0.2) is 0 Å². The smallest absolute Gasteiger partial charge is 0.0112 e. The Kier molecular flexibility index (Phi) is 7.61. The van der Waals surface area contributed by atoms with Crippen LogP contribution in [-0.4, -0.2) is 6.54 Å². The van der Waals surface area contributed by atoms with Gasteiger partial charge in [0, 0.05) is 6.54 Å². The first-order valence-electron chi connectivity index (χ1n) is 8.47. The molecule has 0 saturated carbocycles. The Morgan fingerprint density at radius 1 is 1.14 bits per heavy atom. The minimum atomic E-state index is 0.148. The molecule has 0 atom stereocenters. The highest BCUT2D eigenvalue weighted by Gasteiger charge is 2.14. The lowest BCUT2D eigenvalue weighted by atomic mass is 9.84. The second kappa shape index (κ2) is 8.95. The average molecular weight is 300 g/mol. The van der Waals surface area contributed by atoms with E-state index in [4.69, 9.17) is 5.73 Å². The molecule has 0 saturated heterocycles. The maximum absolute atomic E-state index is 5.53. The van der Waals surface area contributed by atoms with Crippen molar-refractivity contribution in [1.29, 1.82) is 0 Å². The summed E-state index contributed by atoms with van der Waals surface area (Å²) in [6.07, 6.45) is 18.3. The molecule has 0 fully saturated rings. The normalized spacial score (nSPS) is 18.8. The third-order valence-corrected chi connectivity index (χ3v) is 4.20. The molecule has 0 heterocycles. The van der Waals surface area contributed by atoms with E-state index in [1.54, 1.807) is 5.57 Å². The van der Waals surface area contributed by atoms with E-state index in [1.807, 2.05) is 6.08 Å². The van der Waals surface area contributed by atoms with Crippen LogP contribution in [0.4, 0.5) is 0 Å². The molecule has 0 amide bonds. The Morgan fingerprint density at radius 2 is 1.82 bits per heavy atom. The molecule has 0 aromatic rings. The predicted octanol–water partition coefficient (Wildman–Crippen LogP) is 5.87. The second-order valence-electron chi connectivity index (χ2n) is 7.26. The summed E-state index contributed by atoms with van der Waals surface area (Å²) in [4.78, 5) is 0. The molecule has 22 heavy (non-hydrogen) atoms. The van der Waals surface area contributed by atoms with Gasteiger partial charge in [0.1, 0.15) is 0 Å². The molecule has 0 bridgehead atoms. The SMILES string of the molecule is CC1=C(/C=C/C(=C/C=C/C(C)=C/CN)C(C)(C)C)CCCC1. The van der Waals surface area contributed by atoms with Crippen molar-refractivity contribution in [2.45, 2.75) is 60.3 Å². The topological polar surface area (TPSA) is 26.0 Å². The molecular weight excluding hydrogens is 266 g/mol. The van der Waals surface area contributed by atoms with E-state index < -0.39 is 0 Å². The number of hydrogen-bond donors (Lipinski definition) is 1. The quantitative estimate of drug-likeness (QED) is 0.631. The summed E-state index contributed by atoms with van der Waals surface area (Å²) in [7, 11) is 0. The van der Waals surface area contributed by atoms with Crippen LogP contribution in [0.2, 0.25) is 0 Å². The highest BCUT2D eigenvalue weighted by atomic mass is 14.5. The fourth-order valence-electron chi connectivity index (χ4n) is 2.61. The van der Waals surface area contributed by atoms with E-state index in [0.29, 0.717) is 6.54 Å². The van der Waals surface area contributed by atoms with Crippen molar-refractivity contribution in [3.8, 4) is 0 Å². The fourth-order valence-corrected chi connectivity index (χ4v) is 2.61. The summed E-state index contributed by atoms with van der Waals surface area (Å²) in [6.45, 7) is 11.8. The van der Waals surface area contributed by atoms with Gasteiger partial charge in [-0.1, -0.05) is 68.4 Å². The van der Waals surface area contributed by atoms with Crippen LogP contribution in [0.25, 0.3) is 0 Å². The van der Waals surface area contributed by atoms with Crippen LogP contribution >= 0.6 is 0 Å². The van der Waals surface area contributed by atoms with Crippen LogP contribution in [0, 0.1) is 5.41 Å². The molecule has 0 aromatic heterocycles. The summed E-state index contributed by atoms with van der Waals surface area (Å²) < 4.78 is 0. The first kappa shape index (κ1) is 18.7. The summed E-state index contributed by atoms with van der Waals surface area (Å²) in [6, 6.07) is 0.